The molecule has 3 rings (SSSR count). The second kappa shape index (κ2) is 4.96. The minimum absolute atomic E-state index is 0.00421. The first-order valence-electron chi connectivity index (χ1n) is 6.35. The SMILES string of the molecule is O=S(=O)(NC[C@]1(O)CCc2ccccc21)c1cccs1. The van der Waals surface area contributed by atoms with Gasteiger partial charge in [-0.15, -0.1) is 11.3 Å². The van der Waals surface area contributed by atoms with E-state index in [0.29, 0.717) is 6.42 Å². The molecule has 1 atom stereocenters. The molecule has 0 bridgehead atoms. The second-order valence-electron chi connectivity index (χ2n) is 4.95. The molecule has 6 heteroatoms. The third-order valence-corrected chi connectivity index (χ3v) is 6.44. The lowest BCUT2D eigenvalue weighted by atomic mass is 9.96. The van der Waals surface area contributed by atoms with Crippen molar-refractivity contribution in [2.45, 2.75) is 22.7 Å². The summed E-state index contributed by atoms with van der Waals surface area (Å²) in [7, 11) is -3.54. The molecule has 106 valence electrons. The van der Waals surface area contributed by atoms with Crippen molar-refractivity contribution < 1.29 is 13.5 Å². The van der Waals surface area contributed by atoms with Gasteiger partial charge in [0.25, 0.3) is 0 Å². The van der Waals surface area contributed by atoms with Crippen molar-refractivity contribution >= 4 is 21.4 Å². The van der Waals surface area contributed by atoms with Crippen LogP contribution in [-0.4, -0.2) is 20.1 Å². The lowest BCUT2D eigenvalue weighted by Crippen LogP contribution is -2.39. The summed E-state index contributed by atoms with van der Waals surface area (Å²) in [5.74, 6) is 0. The summed E-state index contributed by atoms with van der Waals surface area (Å²) in [4.78, 5) is 0. The van der Waals surface area contributed by atoms with Crippen molar-refractivity contribution in [1.29, 1.82) is 0 Å². The average molecular weight is 309 g/mol. The minimum atomic E-state index is -3.54. The van der Waals surface area contributed by atoms with Gasteiger partial charge in [0.2, 0.25) is 10.0 Å². The maximum absolute atomic E-state index is 12.1. The molecule has 0 spiro atoms. The number of aryl methyl sites for hydroxylation is 1. The number of aliphatic hydroxyl groups is 1. The molecule has 1 aromatic carbocycles. The van der Waals surface area contributed by atoms with Gasteiger partial charge < -0.3 is 5.11 Å². The smallest absolute Gasteiger partial charge is 0.250 e. The predicted molar refractivity (Wildman–Crippen MR) is 78.2 cm³/mol. The van der Waals surface area contributed by atoms with E-state index >= 15 is 0 Å². The summed E-state index contributed by atoms with van der Waals surface area (Å²) in [6.07, 6.45) is 1.31. The number of benzene rings is 1. The van der Waals surface area contributed by atoms with E-state index in [4.69, 9.17) is 0 Å². The Hall–Kier alpha value is -1.21. The summed E-state index contributed by atoms with van der Waals surface area (Å²) in [6.45, 7) is 0.00421. The Labute approximate surface area is 122 Å². The van der Waals surface area contributed by atoms with E-state index in [1.807, 2.05) is 24.3 Å². The Morgan fingerprint density at radius 1 is 1.25 bits per heavy atom. The van der Waals surface area contributed by atoms with Crippen molar-refractivity contribution in [2.75, 3.05) is 6.54 Å². The molecular formula is C14H15NO3S2. The summed E-state index contributed by atoms with van der Waals surface area (Å²) < 4.78 is 27.0. The van der Waals surface area contributed by atoms with Crippen molar-refractivity contribution in [1.82, 2.24) is 4.72 Å². The number of hydrogen-bond acceptors (Lipinski definition) is 4. The van der Waals surface area contributed by atoms with Gasteiger partial charge in [-0.1, -0.05) is 30.3 Å². The van der Waals surface area contributed by atoms with Crippen molar-refractivity contribution in [3.05, 3.63) is 52.9 Å². The maximum Gasteiger partial charge on any atom is 0.250 e. The first-order chi connectivity index (χ1) is 9.51. The third kappa shape index (κ3) is 2.40. The highest BCUT2D eigenvalue weighted by molar-refractivity contribution is 7.91. The van der Waals surface area contributed by atoms with E-state index in [0.717, 1.165) is 28.9 Å². The fourth-order valence-corrected chi connectivity index (χ4v) is 4.68. The zero-order valence-corrected chi connectivity index (χ0v) is 12.4. The highest BCUT2D eigenvalue weighted by atomic mass is 32.2. The lowest BCUT2D eigenvalue weighted by Gasteiger charge is -2.24. The van der Waals surface area contributed by atoms with Gasteiger partial charge in [0.1, 0.15) is 9.81 Å². The molecule has 0 aliphatic heterocycles. The first-order valence-corrected chi connectivity index (χ1v) is 8.71. The fourth-order valence-electron chi connectivity index (χ4n) is 2.55. The Morgan fingerprint density at radius 2 is 2.05 bits per heavy atom. The van der Waals surface area contributed by atoms with Gasteiger partial charge in [-0.25, -0.2) is 13.1 Å². The van der Waals surface area contributed by atoms with Crippen LogP contribution in [0.1, 0.15) is 17.5 Å². The summed E-state index contributed by atoms with van der Waals surface area (Å²) >= 11 is 1.16. The van der Waals surface area contributed by atoms with Crippen LogP contribution in [0.2, 0.25) is 0 Å². The first kappa shape index (κ1) is 13.8. The average Bonchev–Trinajstić information content (AvgIpc) is 3.07. The van der Waals surface area contributed by atoms with Crippen LogP contribution in [0.25, 0.3) is 0 Å². The minimum Gasteiger partial charge on any atom is -0.384 e. The van der Waals surface area contributed by atoms with Gasteiger partial charge in [0.05, 0.1) is 0 Å². The standard InChI is InChI=1S/C14H15NO3S2/c16-14(8-7-11-4-1-2-5-12(11)14)10-15-20(17,18)13-6-3-9-19-13/h1-6,9,15-16H,7-8,10H2/t14-/m1/s1. The summed E-state index contributed by atoms with van der Waals surface area (Å²) in [5, 5.41) is 12.4. The molecule has 1 heterocycles. The third-order valence-electron chi connectivity index (χ3n) is 3.64. The normalized spacial score (nSPS) is 21.9. The Morgan fingerprint density at radius 3 is 2.80 bits per heavy atom. The van der Waals surface area contributed by atoms with E-state index in [2.05, 4.69) is 4.72 Å². The number of thiophene rings is 1. The van der Waals surface area contributed by atoms with Gasteiger partial charge in [0, 0.05) is 6.54 Å². The number of fused-ring (bicyclic) bond motifs is 1. The van der Waals surface area contributed by atoms with Gasteiger partial charge in [-0.05, 0) is 35.4 Å². The quantitative estimate of drug-likeness (QED) is 0.906. The molecule has 4 nitrogen and oxygen atoms in total. The zero-order valence-electron chi connectivity index (χ0n) is 10.7. The van der Waals surface area contributed by atoms with Crippen LogP contribution in [0.4, 0.5) is 0 Å². The van der Waals surface area contributed by atoms with E-state index in [9.17, 15) is 13.5 Å². The van der Waals surface area contributed by atoms with Crippen LogP contribution in [0, 0.1) is 0 Å². The molecule has 0 saturated carbocycles. The van der Waals surface area contributed by atoms with E-state index in [-0.39, 0.29) is 10.8 Å². The van der Waals surface area contributed by atoms with Crippen LogP contribution >= 0.6 is 11.3 Å². The number of rotatable bonds is 4. The highest BCUT2D eigenvalue weighted by Gasteiger charge is 2.37. The Bertz CT molecular complexity index is 710. The molecular weight excluding hydrogens is 294 g/mol. The predicted octanol–water partition coefficient (Wildman–Crippen LogP) is 1.86. The molecule has 0 radical (unpaired) electrons. The van der Waals surface area contributed by atoms with Gasteiger partial charge in [-0.3, -0.25) is 0 Å². The molecule has 0 fully saturated rings. The largest absolute Gasteiger partial charge is 0.384 e. The molecule has 20 heavy (non-hydrogen) atoms. The zero-order chi connectivity index (χ0) is 14.2. The summed E-state index contributed by atoms with van der Waals surface area (Å²) in [6, 6.07) is 10.9. The molecule has 1 aliphatic carbocycles. The van der Waals surface area contributed by atoms with Gasteiger partial charge in [0.15, 0.2) is 0 Å². The number of hydrogen-bond donors (Lipinski definition) is 2. The maximum atomic E-state index is 12.1. The number of nitrogens with one attached hydrogen (secondary N) is 1. The van der Waals surface area contributed by atoms with Crippen LogP contribution in [-0.2, 0) is 22.0 Å². The molecule has 1 aliphatic rings. The van der Waals surface area contributed by atoms with Gasteiger partial charge in [-0.2, -0.15) is 0 Å². The van der Waals surface area contributed by atoms with E-state index in [1.54, 1.807) is 17.5 Å². The monoisotopic (exact) mass is 309 g/mol. The highest BCUT2D eigenvalue weighted by Crippen LogP contribution is 2.36. The van der Waals surface area contributed by atoms with Crippen LogP contribution in [0.3, 0.4) is 0 Å². The van der Waals surface area contributed by atoms with Crippen molar-refractivity contribution in [3.63, 3.8) is 0 Å². The van der Waals surface area contributed by atoms with Crippen LogP contribution in [0.15, 0.2) is 46.0 Å². The molecule has 0 amide bonds. The Kier molecular flexibility index (Phi) is 3.41. The topological polar surface area (TPSA) is 66.4 Å². The van der Waals surface area contributed by atoms with Crippen LogP contribution in [0.5, 0.6) is 0 Å². The van der Waals surface area contributed by atoms with Crippen LogP contribution < -0.4 is 4.72 Å². The fraction of sp³-hybridized carbons (Fsp3) is 0.286. The number of sulfonamides is 1. The lowest BCUT2D eigenvalue weighted by molar-refractivity contribution is 0.0442. The molecule has 0 unspecified atom stereocenters. The van der Waals surface area contributed by atoms with E-state index in [1.165, 1.54) is 0 Å². The molecule has 0 saturated heterocycles. The molecule has 2 aromatic rings. The second-order valence-corrected chi connectivity index (χ2v) is 7.89. The summed E-state index contributed by atoms with van der Waals surface area (Å²) in [5.41, 5.74) is 0.806. The molecule has 1 aromatic heterocycles. The van der Waals surface area contributed by atoms with E-state index < -0.39 is 15.6 Å². The molecule has 2 N–H and O–H groups in total. The van der Waals surface area contributed by atoms with Crippen molar-refractivity contribution in [2.24, 2.45) is 0 Å². The van der Waals surface area contributed by atoms with Gasteiger partial charge >= 0.3 is 0 Å². The van der Waals surface area contributed by atoms with Crippen molar-refractivity contribution in [3.8, 4) is 0 Å². The Balaban J connectivity index is 1.80.